The zero-order chi connectivity index (χ0) is 15.0. The van der Waals surface area contributed by atoms with Crippen molar-refractivity contribution in [3.05, 3.63) is 34.4 Å². The Hall–Kier alpha value is -2.01. The van der Waals surface area contributed by atoms with E-state index in [0.29, 0.717) is 28.3 Å². The summed E-state index contributed by atoms with van der Waals surface area (Å²) in [6, 6.07) is 5.16. The van der Waals surface area contributed by atoms with Gasteiger partial charge in [-0.1, -0.05) is 11.6 Å². The minimum atomic E-state index is -0.839. The van der Waals surface area contributed by atoms with Gasteiger partial charge in [0, 0.05) is 17.0 Å². The third-order valence-corrected chi connectivity index (χ3v) is 3.56. The lowest BCUT2D eigenvalue weighted by Gasteiger charge is -2.18. The molecule has 110 valence electrons. The van der Waals surface area contributed by atoms with Crippen molar-refractivity contribution >= 4 is 29.6 Å². The van der Waals surface area contributed by atoms with Gasteiger partial charge < -0.3 is 14.2 Å². The van der Waals surface area contributed by atoms with Crippen molar-refractivity contribution in [2.45, 2.75) is 25.6 Å². The molecule has 1 saturated heterocycles. The molecular formula is C15H13ClO5. The van der Waals surface area contributed by atoms with Crippen molar-refractivity contribution in [2.24, 2.45) is 0 Å². The number of rotatable bonds is 2. The Morgan fingerprint density at radius 3 is 2.95 bits per heavy atom. The highest BCUT2D eigenvalue weighted by Crippen LogP contribution is 2.29. The average molecular weight is 309 g/mol. The second-order valence-corrected chi connectivity index (χ2v) is 5.45. The van der Waals surface area contributed by atoms with Crippen LogP contribution in [0, 0.1) is 0 Å². The van der Waals surface area contributed by atoms with Crippen LogP contribution in [0.2, 0.25) is 5.02 Å². The van der Waals surface area contributed by atoms with Gasteiger partial charge in [0.25, 0.3) is 0 Å². The standard InChI is InChI=1S/C15H13ClO5/c1-8-4-13(15(18)20-8)21-14(17)10-5-9-6-11(16)2-3-12(9)19-7-10/h2-3,5-6,8,13H,4,7H2,1H3/t8-,13+/m0/s1. The van der Waals surface area contributed by atoms with E-state index in [2.05, 4.69) is 0 Å². The summed E-state index contributed by atoms with van der Waals surface area (Å²) in [6.07, 6.45) is 0.971. The molecule has 1 aromatic carbocycles. The Morgan fingerprint density at radius 1 is 1.43 bits per heavy atom. The highest BCUT2D eigenvalue weighted by atomic mass is 35.5. The second-order valence-electron chi connectivity index (χ2n) is 5.02. The van der Waals surface area contributed by atoms with Crippen molar-refractivity contribution in [1.29, 1.82) is 0 Å². The molecule has 0 saturated carbocycles. The number of hydrogen-bond donors (Lipinski definition) is 0. The van der Waals surface area contributed by atoms with Crippen LogP contribution in [-0.4, -0.2) is 30.8 Å². The maximum absolute atomic E-state index is 12.1. The highest BCUT2D eigenvalue weighted by Gasteiger charge is 2.36. The lowest BCUT2D eigenvalue weighted by Crippen LogP contribution is -2.26. The van der Waals surface area contributed by atoms with Crippen molar-refractivity contribution in [3.8, 4) is 5.75 Å². The number of carbonyl (C=O) groups is 2. The zero-order valence-electron chi connectivity index (χ0n) is 11.3. The smallest absolute Gasteiger partial charge is 0.347 e. The topological polar surface area (TPSA) is 61.8 Å². The van der Waals surface area contributed by atoms with Gasteiger partial charge in [0.15, 0.2) is 0 Å². The molecule has 1 fully saturated rings. The van der Waals surface area contributed by atoms with Gasteiger partial charge in [-0.2, -0.15) is 0 Å². The van der Waals surface area contributed by atoms with Crippen molar-refractivity contribution < 1.29 is 23.8 Å². The van der Waals surface area contributed by atoms with Gasteiger partial charge in [0.2, 0.25) is 6.10 Å². The van der Waals surface area contributed by atoms with Gasteiger partial charge in [-0.05, 0) is 31.2 Å². The number of benzene rings is 1. The number of cyclic esters (lactones) is 1. The van der Waals surface area contributed by atoms with E-state index in [-0.39, 0.29) is 12.7 Å². The van der Waals surface area contributed by atoms with E-state index < -0.39 is 18.0 Å². The molecule has 2 atom stereocenters. The molecule has 0 amide bonds. The van der Waals surface area contributed by atoms with Crippen molar-refractivity contribution in [2.75, 3.05) is 6.61 Å². The summed E-state index contributed by atoms with van der Waals surface area (Å²) in [6.45, 7) is 1.86. The fraction of sp³-hybridized carbons (Fsp3) is 0.333. The average Bonchev–Trinajstić information content (AvgIpc) is 2.76. The van der Waals surface area contributed by atoms with E-state index >= 15 is 0 Å². The van der Waals surface area contributed by atoms with E-state index in [4.69, 9.17) is 25.8 Å². The minimum Gasteiger partial charge on any atom is -0.488 e. The van der Waals surface area contributed by atoms with Crippen LogP contribution in [0.4, 0.5) is 0 Å². The van der Waals surface area contributed by atoms with Crippen LogP contribution in [0.15, 0.2) is 23.8 Å². The number of fused-ring (bicyclic) bond motifs is 1. The molecular weight excluding hydrogens is 296 g/mol. The molecule has 0 bridgehead atoms. The molecule has 0 spiro atoms. The van der Waals surface area contributed by atoms with E-state index in [1.165, 1.54) is 0 Å². The molecule has 2 aliphatic heterocycles. The van der Waals surface area contributed by atoms with Crippen LogP contribution >= 0.6 is 11.6 Å². The van der Waals surface area contributed by atoms with Crippen LogP contribution in [-0.2, 0) is 19.1 Å². The van der Waals surface area contributed by atoms with E-state index in [0.717, 1.165) is 0 Å². The highest BCUT2D eigenvalue weighted by molar-refractivity contribution is 6.30. The number of carbonyl (C=O) groups excluding carboxylic acids is 2. The number of hydrogen-bond acceptors (Lipinski definition) is 5. The number of esters is 2. The maximum atomic E-state index is 12.1. The first kappa shape index (κ1) is 13.9. The maximum Gasteiger partial charge on any atom is 0.347 e. The first-order valence-electron chi connectivity index (χ1n) is 6.57. The molecule has 21 heavy (non-hydrogen) atoms. The predicted molar refractivity (Wildman–Crippen MR) is 75.0 cm³/mol. The van der Waals surface area contributed by atoms with Crippen LogP contribution < -0.4 is 4.74 Å². The van der Waals surface area contributed by atoms with E-state index in [1.807, 2.05) is 0 Å². The Labute approximate surface area is 126 Å². The summed E-state index contributed by atoms with van der Waals surface area (Å²) < 4.78 is 15.6. The Bertz CT molecular complexity index is 637. The van der Waals surface area contributed by atoms with Gasteiger partial charge in [-0.3, -0.25) is 0 Å². The first-order chi connectivity index (χ1) is 10.0. The monoisotopic (exact) mass is 308 g/mol. The number of ether oxygens (including phenoxy) is 3. The fourth-order valence-electron chi connectivity index (χ4n) is 2.29. The summed E-state index contributed by atoms with van der Waals surface area (Å²) in [5.74, 6) is -0.418. The second kappa shape index (κ2) is 5.41. The fourth-order valence-corrected chi connectivity index (χ4v) is 2.47. The number of halogens is 1. The summed E-state index contributed by atoms with van der Waals surface area (Å²) in [5, 5.41) is 0.552. The molecule has 6 heteroatoms. The van der Waals surface area contributed by atoms with Gasteiger partial charge in [0.05, 0.1) is 5.57 Å². The third-order valence-electron chi connectivity index (χ3n) is 3.32. The molecule has 0 unspecified atom stereocenters. The van der Waals surface area contributed by atoms with Gasteiger partial charge in [0.1, 0.15) is 18.5 Å². The summed E-state index contributed by atoms with van der Waals surface area (Å²) >= 11 is 5.91. The molecule has 2 aliphatic rings. The molecule has 0 aromatic heterocycles. The third kappa shape index (κ3) is 2.88. The molecule has 0 N–H and O–H groups in total. The molecule has 2 heterocycles. The Balaban J connectivity index is 1.75. The van der Waals surface area contributed by atoms with Crippen LogP contribution in [0.5, 0.6) is 5.75 Å². The normalized spacial score (nSPS) is 23.7. The van der Waals surface area contributed by atoms with Gasteiger partial charge >= 0.3 is 11.9 Å². The van der Waals surface area contributed by atoms with Crippen LogP contribution in [0.1, 0.15) is 18.9 Å². The zero-order valence-corrected chi connectivity index (χ0v) is 12.1. The van der Waals surface area contributed by atoms with E-state index in [1.54, 1.807) is 31.2 Å². The Morgan fingerprint density at radius 2 is 2.24 bits per heavy atom. The predicted octanol–water partition coefficient (Wildman–Crippen LogP) is 2.36. The van der Waals surface area contributed by atoms with Crippen molar-refractivity contribution in [3.63, 3.8) is 0 Å². The summed E-state index contributed by atoms with van der Waals surface area (Å²) in [7, 11) is 0. The first-order valence-corrected chi connectivity index (χ1v) is 6.95. The van der Waals surface area contributed by atoms with Gasteiger partial charge in [-0.15, -0.1) is 0 Å². The molecule has 3 rings (SSSR count). The largest absolute Gasteiger partial charge is 0.488 e. The van der Waals surface area contributed by atoms with Crippen LogP contribution in [0.25, 0.3) is 6.08 Å². The van der Waals surface area contributed by atoms with E-state index in [9.17, 15) is 9.59 Å². The lowest BCUT2D eigenvalue weighted by atomic mass is 10.1. The molecule has 0 radical (unpaired) electrons. The van der Waals surface area contributed by atoms with Crippen LogP contribution in [0.3, 0.4) is 0 Å². The lowest BCUT2D eigenvalue weighted by molar-refractivity contribution is -0.158. The summed E-state index contributed by atoms with van der Waals surface area (Å²) in [5.41, 5.74) is 1.06. The quantitative estimate of drug-likeness (QED) is 0.785. The molecule has 5 nitrogen and oxygen atoms in total. The summed E-state index contributed by atoms with van der Waals surface area (Å²) in [4.78, 5) is 23.6. The molecule has 0 aliphatic carbocycles. The van der Waals surface area contributed by atoms with Gasteiger partial charge in [-0.25, -0.2) is 9.59 Å². The Kier molecular flexibility index (Phi) is 3.59. The minimum absolute atomic E-state index is 0.102. The molecule has 1 aromatic rings. The van der Waals surface area contributed by atoms with Crippen molar-refractivity contribution in [1.82, 2.24) is 0 Å². The SMILES string of the molecule is C[C@H]1C[C@@H](OC(=O)C2=Cc3cc(Cl)ccc3OC2)C(=O)O1.